The molecule has 2 aliphatic rings. The highest BCUT2D eigenvalue weighted by molar-refractivity contribution is 5.89. The first-order valence-corrected chi connectivity index (χ1v) is 21.2. The van der Waals surface area contributed by atoms with Crippen molar-refractivity contribution in [1.82, 2.24) is 34.9 Å². The molecule has 4 amide bonds. The summed E-state index contributed by atoms with van der Waals surface area (Å²) >= 11 is 0. The molecule has 2 aliphatic heterocycles. The van der Waals surface area contributed by atoms with E-state index in [0.29, 0.717) is 51.1 Å². The van der Waals surface area contributed by atoms with Crippen molar-refractivity contribution in [3.63, 3.8) is 0 Å². The summed E-state index contributed by atoms with van der Waals surface area (Å²) in [5, 5.41) is 10.4. The van der Waals surface area contributed by atoms with Gasteiger partial charge in [-0.05, 0) is 70.3 Å². The molecule has 0 spiro atoms. The van der Waals surface area contributed by atoms with Gasteiger partial charge in [-0.1, -0.05) is 91.0 Å². The first-order valence-electron chi connectivity index (χ1n) is 21.2. The number of nitrogens with zero attached hydrogens (tertiary/aromatic N) is 4. The van der Waals surface area contributed by atoms with Gasteiger partial charge in [-0.3, -0.25) is 24.0 Å². The minimum Gasteiger partial charge on any atom is -0.371 e. The number of anilines is 1. The maximum atomic E-state index is 14.4. The first kappa shape index (κ1) is 44.0. The molecule has 16 heteroatoms. The molecule has 7 rings (SSSR count). The summed E-state index contributed by atoms with van der Waals surface area (Å²) in [5.41, 5.74) is 5.43. The van der Waals surface area contributed by atoms with Crippen molar-refractivity contribution in [3.8, 4) is 0 Å². The van der Waals surface area contributed by atoms with Crippen LogP contribution in [0.1, 0.15) is 73.9 Å². The van der Waals surface area contributed by atoms with E-state index in [2.05, 4.69) is 21.4 Å². The summed E-state index contributed by atoms with van der Waals surface area (Å²) in [6.45, 7) is 4.53. The van der Waals surface area contributed by atoms with Gasteiger partial charge in [0.15, 0.2) is 6.04 Å². The number of amides is 4. The molecule has 4 aromatic carbocycles. The minimum absolute atomic E-state index is 0.0178. The number of hydrogen-bond donors (Lipinski definition) is 4. The highest BCUT2D eigenvalue weighted by Crippen LogP contribution is 2.33. The number of hydrogen-bond acceptors (Lipinski definition) is 9. The van der Waals surface area contributed by atoms with E-state index in [1.165, 1.54) is 27.8 Å². The molecule has 63 heavy (non-hydrogen) atoms. The summed E-state index contributed by atoms with van der Waals surface area (Å²) < 4.78 is 3.92. The molecule has 1 aromatic heterocycles. The number of nitrogens with one attached hydrogen (secondary N) is 4. The van der Waals surface area contributed by atoms with Gasteiger partial charge in [0, 0.05) is 52.1 Å². The third kappa shape index (κ3) is 10.9. The number of fused-ring (bicyclic) bond motifs is 2. The van der Waals surface area contributed by atoms with Gasteiger partial charge in [-0.15, -0.1) is 5.48 Å². The molecule has 3 heterocycles. The Hall–Kier alpha value is -7.07. The van der Waals surface area contributed by atoms with Gasteiger partial charge in [0.2, 0.25) is 23.6 Å². The van der Waals surface area contributed by atoms with Crippen LogP contribution in [0.15, 0.2) is 113 Å². The molecule has 2 unspecified atom stereocenters. The summed E-state index contributed by atoms with van der Waals surface area (Å²) in [6.07, 6.45) is 5.63. The number of aromatic nitrogens is 3. The average molecular weight is 857 g/mol. The molecule has 2 atom stereocenters. The molecule has 0 saturated carbocycles. The van der Waals surface area contributed by atoms with Crippen LogP contribution in [-0.4, -0.2) is 68.1 Å². The van der Waals surface area contributed by atoms with E-state index in [1.807, 2.05) is 77.7 Å². The van der Waals surface area contributed by atoms with Crippen LogP contribution < -0.4 is 32.8 Å². The molecule has 1 saturated heterocycles. The van der Waals surface area contributed by atoms with Gasteiger partial charge in [-0.2, -0.15) is 0 Å². The fourth-order valence-electron chi connectivity index (χ4n) is 8.27. The smallest absolute Gasteiger partial charge is 0.348 e. The Labute approximate surface area is 363 Å². The maximum absolute atomic E-state index is 14.4. The van der Waals surface area contributed by atoms with E-state index in [9.17, 15) is 33.6 Å². The lowest BCUT2D eigenvalue weighted by atomic mass is 9.88. The zero-order valence-electron chi connectivity index (χ0n) is 35.4. The third-order valence-corrected chi connectivity index (χ3v) is 11.5. The van der Waals surface area contributed by atoms with Crippen molar-refractivity contribution >= 4 is 46.1 Å². The monoisotopic (exact) mass is 856 g/mol. The van der Waals surface area contributed by atoms with Gasteiger partial charge in [0.1, 0.15) is 0 Å². The third-order valence-electron chi connectivity index (χ3n) is 11.5. The normalized spacial score (nSPS) is 16.0. The standard InChI is InChI=1S/C47H52N8O8/c1-31(56)51-39-18-16-33(17-19-39)27-43(58)48-24-6-11-44(59)52-25-22-37(23-26-52)41-20-21-42(45(60)49-28-34-12-14-35(15-13-34)29-50-63-32(2)57)55-47(62)53(46(61)54(41)55)30-38-9-5-8-36-7-3-4-10-40(36)38/h3-5,7-10,12-21,37,41-42,50H,6,11,22-30H2,1-2H3,(H,48,58)(H,49,60)(H,51,56). The molecular weight excluding hydrogens is 805 g/mol. The van der Waals surface area contributed by atoms with E-state index in [4.69, 9.17) is 4.84 Å². The molecule has 4 N–H and O–H groups in total. The molecule has 0 bridgehead atoms. The predicted molar refractivity (Wildman–Crippen MR) is 236 cm³/mol. The van der Waals surface area contributed by atoms with E-state index in [0.717, 1.165) is 33.0 Å². The molecule has 328 valence electrons. The van der Waals surface area contributed by atoms with Crippen molar-refractivity contribution in [2.75, 3.05) is 25.0 Å². The quantitative estimate of drug-likeness (QED) is 0.0648. The first-order chi connectivity index (χ1) is 30.4. The average Bonchev–Trinajstić information content (AvgIpc) is 3.53. The van der Waals surface area contributed by atoms with E-state index < -0.39 is 35.3 Å². The lowest BCUT2D eigenvalue weighted by molar-refractivity contribution is -0.148. The predicted octanol–water partition coefficient (Wildman–Crippen LogP) is 3.89. The number of likely N-dealkylation sites (tertiary alicyclic amines) is 1. The Morgan fingerprint density at radius 2 is 1.40 bits per heavy atom. The molecular formula is C47H52N8O8. The SMILES string of the molecule is CC(=O)Nc1ccc(CC(=O)NCCCC(=O)N2CCC(C3C=CC(C(=O)NCc4ccc(CNOC(C)=O)cc4)n4c(=O)n(Cc5cccc6ccccc56)c(=O)n43)CC2)cc1. The largest absolute Gasteiger partial charge is 0.371 e. The van der Waals surface area contributed by atoms with Gasteiger partial charge < -0.3 is 25.7 Å². The van der Waals surface area contributed by atoms with E-state index in [-0.39, 0.29) is 49.6 Å². The number of carbonyl (C=O) groups excluding carboxylic acids is 5. The second kappa shape index (κ2) is 20.2. The lowest BCUT2D eigenvalue weighted by Crippen LogP contribution is -2.46. The molecule has 0 radical (unpaired) electrons. The Morgan fingerprint density at radius 3 is 2.11 bits per heavy atom. The molecule has 1 fully saturated rings. The molecule has 16 nitrogen and oxygen atoms in total. The maximum Gasteiger partial charge on any atom is 0.348 e. The molecule has 5 aromatic rings. The summed E-state index contributed by atoms with van der Waals surface area (Å²) in [5.74, 6) is -1.33. The fourth-order valence-corrected chi connectivity index (χ4v) is 8.27. The Balaban J connectivity index is 0.996. The zero-order chi connectivity index (χ0) is 44.5. The van der Waals surface area contributed by atoms with Gasteiger partial charge in [0.25, 0.3) is 0 Å². The molecule has 0 aliphatic carbocycles. The number of piperidine rings is 1. The van der Waals surface area contributed by atoms with Gasteiger partial charge >= 0.3 is 17.3 Å². The van der Waals surface area contributed by atoms with Gasteiger partial charge in [0.05, 0.1) is 25.6 Å². The van der Waals surface area contributed by atoms with Crippen molar-refractivity contribution in [2.24, 2.45) is 5.92 Å². The minimum atomic E-state index is -1.08. The van der Waals surface area contributed by atoms with Crippen molar-refractivity contribution in [1.29, 1.82) is 0 Å². The fraction of sp³-hybridized carbons (Fsp3) is 0.340. The second-order valence-corrected chi connectivity index (χ2v) is 16.0. The topological polar surface area (TPSA) is 195 Å². The van der Waals surface area contributed by atoms with Crippen LogP contribution >= 0.6 is 0 Å². The van der Waals surface area contributed by atoms with Crippen LogP contribution in [0, 0.1) is 5.92 Å². The van der Waals surface area contributed by atoms with E-state index in [1.54, 1.807) is 30.3 Å². The highest BCUT2D eigenvalue weighted by Gasteiger charge is 2.37. The Morgan fingerprint density at radius 1 is 0.730 bits per heavy atom. The van der Waals surface area contributed by atoms with Crippen molar-refractivity contribution in [2.45, 2.75) is 77.7 Å². The number of benzene rings is 4. The summed E-state index contributed by atoms with van der Waals surface area (Å²) in [4.78, 5) is 97.4. The van der Waals surface area contributed by atoms with Crippen molar-refractivity contribution in [3.05, 3.63) is 146 Å². The number of hydroxylamine groups is 1. The second-order valence-electron chi connectivity index (χ2n) is 16.0. The highest BCUT2D eigenvalue weighted by atomic mass is 16.7. The zero-order valence-corrected chi connectivity index (χ0v) is 35.4. The van der Waals surface area contributed by atoms with E-state index >= 15 is 0 Å². The number of rotatable bonds is 16. The van der Waals surface area contributed by atoms with Gasteiger partial charge in [-0.25, -0.2) is 23.5 Å². The van der Waals surface area contributed by atoms with Crippen LogP contribution in [0.5, 0.6) is 0 Å². The van der Waals surface area contributed by atoms with Crippen LogP contribution in [0.25, 0.3) is 10.8 Å². The summed E-state index contributed by atoms with van der Waals surface area (Å²) in [7, 11) is 0. The Kier molecular flexibility index (Phi) is 14.1. The van der Waals surface area contributed by atoms with Crippen LogP contribution in [-0.2, 0) is 54.9 Å². The number of allylic oxidation sites excluding steroid dienone is 1. The van der Waals surface area contributed by atoms with Crippen LogP contribution in [0.4, 0.5) is 5.69 Å². The van der Waals surface area contributed by atoms with Crippen molar-refractivity contribution < 1.29 is 28.8 Å². The van der Waals surface area contributed by atoms with Crippen LogP contribution in [0.2, 0.25) is 0 Å². The summed E-state index contributed by atoms with van der Waals surface area (Å²) in [6, 6.07) is 26.4. The van der Waals surface area contributed by atoms with Crippen LogP contribution in [0.3, 0.4) is 0 Å². The Bertz CT molecular complexity index is 2620. The number of carbonyl (C=O) groups is 5. The lowest BCUT2D eigenvalue weighted by Gasteiger charge is -2.37.